The first kappa shape index (κ1) is 25.7. The van der Waals surface area contributed by atoms with Gasteiger partial charge in [0.2, 0.25) is 0 Å². The molecule has 172 valence electrons. The van der Waals surface area contributed by atoms with Gasteiger partial charge >= 0.3 is 5.97 Å². The van der Waals surface area contributed by atoms with Gasteiger partial charge in [0.1, 0.15) is 0 Å². The monoisotopic (exact) mass is 453 g/mol. The average Bonchev–Trinajstić information content (AvgIpc) is 3.27. The summed E-state index contributed by atoms with van der Waals surface area (Å²) in [5.74, 6) is 1.55. The third-order valence-electron chi connectivity index (χ3n) is 5.16. The van der Waals surface area contributed by atoms with Crippen LogP contribution >= 0.6 is 11.8 Å². The number of hydrogen-bond donors (Lipinski definition) is 0. The molecule has 0 spiro atoms. The maximum absolute atomic E-state index is 11.1. The van der Waals surface area contributed by atoms with Gasteiger partial charge in [-0.15, -0.1) is 5.10 Å². The third-order valence-corrected chi connectivity index (χ3v) is 6.06. The Hall–Kier alpha value is -2.60. The number of rotatable bonds is 13. The average molecular weight is 454 g/mol. The van der Waals surface area contributed by atoms with Gasteiger partial charge < -0.3 is 4.74 Å². The molecule has 1 aromatic carbocycles. The van der Waals surface area contributed by atoms with Gasteiger partial charge in [0.15, 0.2) is 0 Å². The van der Waals surface area contributed by atoms with Crippen molar-refractivity contribution in [3.63, 3.8) is 0 Å². The molecule has 0 aliphatic carbocycles. The lowest BCUT2D eigenvalue weighted by Gasteiger charge is -2.04. The number of carbonyl (C=O) groups excluding carboxylic acids is 1. The molecule has 0 unspecified atom stereocenters. The van der Waals surface area contributed by atoms with Crippen LogP contribution in [-0.2, 0) is 28.9 Å². The van der Waals surface area contributed by atoms with Crippen molar-refractivity contribution in [3.05, 3.63) is 77.2 Å². The topological polar surface area (TPSA) is 57.0 Å². The van der Waals surface area contributed by atoms with Gasteiger partial charge in [-0.3, -0.25) is 9.48 Å². The summed E-state index contributed by atoms with van der Waals surface area (Å²) in [6, 6.07) is 8.77. The number of thioether (sulfide) groups is 1. The number of aromatic nitrogens is 3. The lowest BCUT2D eigenvalue weighted by molar-refractivity contribution is -0.140. The zero-order chi connectivity index (χ0) is 23.2. The van der Waals surface area contributed by atoms with Crippen LogP contribution < -0.4 is 0 Å². The van der Waals surface area contributed by atoms with Crippen molar-refractivity contribution in [1.29, 1.82) is 0 Å². The number of esters is 1. The van der Waals surface area contributed by atoms with Gasteiger partial charge in [-0.2, -0.15) is 11.8 Å². The molecule has 2 aromatic rings. The van der Waals surface area contributed by atoms with Crippen LogP contribution in [0.25, 0.3) is 5.57 Å². The Kier molecular flexibility index (Phi) is 11.6. The normalized spacial score (nSPS) is 12.5. The Labute approximate surface area is 196 Å². The molecule has 2 rings (SSSR count). The largest absolute Gasteiger partial charge is 0.469 e. The van der Waals surface area contributed by atoms with E-state index >= 15 is 0 Å². The Morgan fingerprint density at radius 3 is 2.62 bits per heavy atom. The van der Waals surface area contributed by atoms with E-state index in [1.54, 1.807) is 11.8 Å². The molecule has 1 heterocycles. The summed E-state index contributed by atoms with van der Waals surface area (Å²) in [7, 11) is 1.43. The fourth-order valence-electron chi connectivity index (χ4n) is 3.17. The van der Waals surface area contributed by atoms with Crippen LogP contribution in [0.15, 0.2) is 60.3 Å². The molecule has 6 heteroatoms. The minimum atomic E-state index is -0.149. The number of methoxy groups -OCH3 is 1. The zero-order valence-electron chi connectivity index (χ0n) is 19.7. The number of ether oxygens (including phenoxy) is 1. The fourth-order valence-corrected chi connectivity index (χ4v) is 4.05. The second-order valence-corrected chi connectivity index (χ2v) is 8.77. The fraction of sp³-hybridized carbons (Fsp3) is 0.423. The van der Waals surface area contributed by atoms with E-state index in [2.05, 4.69) is 83.7 Å². The molecule has 0 fully saturated rings. The van der Waals surface area contributed by atoms with Gasteiger partial charge in [0, 0.05) is 24.2 Å². The molecule has 0 saturated carbocycles. The standard InChI is InChI=1S/C26H35N3O2S/c1-5-7-23(6-2)24-11-8-22(9-12-24)10-13-25-20-29(28-27-25)17-14-21(3)15-18-32-19-16-26(30)31-4/h5-9,11-12,15,20H,10,13-14,16-19H2,1-4H3/b7-5-,21-15+,23-6+. The molecule has 0 aliphatic heterocycles. The molecule has 0 saturated heterocycles. The van der Waals surface area contributed by atoms with Crippen LogP contribution in [0.3, 0.4) is 0 Å². The highest BCUT2D eigenvalue weighted by Crippen LogP contribution is 2.17. The lowest BCUT2D eigenvalue weighted by atomic mass is 10.0. The summed E-state index contributed by atoms with van der Waals surface area (Å²) in [4.78, 5) is 11.1. The van der Waals surface area contributed by atoms with Crippen LogP contribution in [0.1, 0.15) is 50.4 Å². The van der Waals surface area contributed by atoms with Crippen LogP contribution in [-0.4, -0.2) is 39.6 Å². The summed E-state index contributed by atoms with van der Waals surface area (Å²) < 4.78 is 6.57. The second kappa shape index (κ2) is 14.5. The summed E-state index contributed by atoms with van der Waals surface area (Å²) in [6.45, 7) is 7.07. The van der Waals surface area contributed by atoms with Crippen molar-refractivity contribution in [2.75, 3.05) is 18.6 Å². The number of hydrogen-bond acceptors (Lipinski definition) is 5. The number of benzene rings is 1. The first-order valence-electron chi connectivity index (χ1n) is 11.1. The predicted molar refractivity (Wildman–Crippen MR) is 135 cm³/mol. The molecule has 0 aliphatic rings. The third kappa shape index (κ3) is 9.27. The van der Waals surface area contributed by atoms with Crippen LogP contribution in [0.4, 0.5) is 0 Å². The smallest absolute Gasteiger partial charge is 0.306 e. The van der Waals surface area contributed by atoms with E-state index < -0.39 is 0 Å². The molecule has 1 aromatic heterocycles. The first-order chi connectivity index (χ1) is 15.5. The molecule has 0 bridgehead atoms. The van der Waals surface area contributed by atoms with E-state index in [0.717, 1.165) is 43.0 Å². The number of nitrogens with zero attached hydrogens (tertiary/aromatic N) is 3. The molecule has 5 nitrogen and oxygen atoms in total. The molecule has 32 heavy (non-hydrogen) atoms. The van der Waals surface area contributed by atoms with E-state index in [-0.39, 0.29) is 5.97 Å². The van der Waals surface area contributed by atoms with Gasteiger partial charge in [0.25, 0.3) is 0 Å². The van der Waals surface area contributed by atoms with Gasteiger partial charge in [-0.05, 0) is 56.7 Å². The van der Waals surface area contributed by atoms with Gasteiger partial charge in [0.05, 0.1) is 19.2 Å². The van der Waals surface area contributed by atoms with E-state index in [4.69, 9.17) is 0 Å². The maximum atomic E-state index is 11.1. The van der Waals surface area contributed by atoms with Crippen LogP contribution in [0.2, 0.25) is 0 Å². The zero-order valence-corrected chi connectivity index (χ0v) is 20.5. The molecule has 0 radical (unpaired) electrons. The van der Waals surface area contributed by atoms with Crippen molar-refractivity contribution < 1.29 is 9.53 Å². The minimum Gasteiger partial charge on any atom is -0.469 e. The summed E-state index contributed by atoms with van der Waals surface area (Å²) in [5.41, 5.74) is 6.14. The molecule has 0 atom stereocenters. The SMILES string of the molecule is C/C=C\C(=C/C)c1ccc(CCc2cn(CC/C(C)=C/CSCCC(=O)OC)nn2)cc1. The van der Waals surface area contributed by atoms with E-state index in [1.165, 1.54) is 29.4 Å². The quantitative estimate of drug-likeness (QED) is 0.169. The van der Waals surface area contributed by atoms with Crippen molar-refractivity contribution in [2.24, 2.45) is 0 Å². The Balaban J connectivity index is 1.73. The first-order valence-corrected chi connectivity index (χ1v) is 12.3. The van der Waals surface area contributed by atoms with Crippen molar-refractivity contribution >= 4 is 23.3 Å². The van der Waals surface area contributed by atoms with Crippen LogP contribution in [0, 0.1) is 0 Å². The second-order valence-electron chi connectivity index (χ2n) is 7.62. The van der Waals surface area contributed by atoms with Crippen molar-refractivity contribution in [3.8, 4) is 0 Å². The highest BCUT2D eigenvalue weighted by atomic mass is 32.2. The highest BCUT2D eigenvalue weighted by molar-refractivity contribution is 7.99. The predicted octanol–water partition coefficient (Wildman–Crippen LogP) is 5.68. The van der Waals surface area contributed by atoms with Gasteiger partial charge in [-0.1, -0.05) is 59.4 Å². The number of allylic oxidation sites excluding steroid dienone is 5. The van der Waals surface area contributed by atoms with E-state index in [1.807, 2.05) is 11.6 Å². The molecular weight excluding hydrogens is 418 g/mol. The maximum Gasteiger partial charge on any atom is 0.306 e. The highest BCUT2D eigenvalue weighted by Gasteiger charge is 2.04. The molecular formula is C26H35N3O2S. The number of carbonyl (C=O) groups is 1. The van der Waals surface area contributed by atoms with Gasteiger partial charge in [-0.25, -0.2) is 0 Å². The Morgan fingerprint density at radius 2 is 1.94 bits per heavy atom. The van der Waals surface area contributed by atoms with E-state index in [9.17, 15) is 4.79 Å². The summed E-state index contributed by atoms with van der Waals surface area (Å²) in [6.07, 6.45) is 13.9. The van der Waals surface area contributed by atoms with Crippen LogP contribution in [0.5, 0.6) is 0 Å². The summed E-state index contributed by atoms with van der Waals surface area (Å²) in [5, 5.41) is 8.61. The molecule has 0 amide bonds. The lowest BCUT2D eigenvalue weighted by Crippen LogP contribution is -2.01. The van der Waals surface area contributed by atoms with Crippen molar-refractivity contribution in [1.82, 2.24) is 15.0 Å². The minimum absolute atomic E-state index is 0.149. The molecule has 0 N–H and O–H groups in total. The van der Waals surface area contributed by atoms with Crippen molar-refractivity contribution in [2.45, 2.75) is 53.0 Å². The Bertz CT molecular complexity index is 927. The number of aryl methyl sites for hydroxylation is 3. The Morgan fingerprint density at radius 1 is 1.16 bits per heavy atom. The summed E-state index contributed by atoms with van der Waals surface area (Å²) >= 11 is 1.74. The van der Waals surface area contributed by atoms with E-state index in [0.29, 0.717) is 6.42 Å².